The Bertz CT molecular complexity index is 645. The minimum atomic E-state index is -0.363. The second-order valence-electron chi connectivity index (χ2n) is 6.20. The third-order valence-electron chi connectivity index (χ3n) is 4.66. The van der Waals surface area contributed by atoms with E-state index in [1.165, 1.54) is 0 Å². The minimum absolute atomic E-state index is 0.126. The van der Waals surface area contributed by atoms with E-state index >= 15 is 0 Å². The average molecular weight is 327 g/mol. The summed E-state index contributed by atoms with van der Waals surface area (Å²) in [5, 5.41) is 0. The fourth-order valence-corrected chi connectivity index (χ4v) is 3.66. The van der Waals surface area contributed by atoms with Crippen LogP contribution in [0.25, 0.3) is 0 Å². The van der Waals surface area contributed by atoms with E-state index in [4.69, 9.17) is 9.73 Å². The second-order valence-corrected chi connectivity index (χ2v) is 6.20. The van der Waals surface area contributed by atoms with Crippen LogP contribution in [0.15, 0.2) is 46.1 Å². The molecule has 2 atom stereocenters. The van der Waals surface area contributed by atoms with E-state index in [1.54, 1.807) is 0 Å². The molecule has 24 heavy (non-hydrogen) atoms. The van der Waals surface area contributed by atoms with Gasteiger partial charge in [-0.2, -0.15) is 0 Å². The van der Waals surface area contributed by atoms with Gasteiger partial charge in [0.25, 0.3) is 0 Å². The topological polar surface area (TPSA) is 54.3 Å². The van der Waals surface area contributed by atoms with Crippen molar-refractivity contribution in [1.82, 2.24) is 4.90 Å². The average Bonchev–Trinajstić information content (AvgIpc) is 2.88. The van der Waals surface area contributed by atoms with Crippen LogP contribution in [0.1, 0.15) is 39.5 Å². The molecule has 0 aromatic heterocycles. The molecule has 0 saturated heterocycles. The van der Waals surface area contributed by atoms with Gasteiger partial charge in [0.05, 0.1) is 18.0 Å². The summed E-state index contributed by atoms with van der Waals surface area (Å²) in [6, 6.07) is 0. The molecular weight excluding hydrogens is 302 g/mol. The summed E-state index contributed by atoms with van der Waals surface area (Å²) >= 11 is 0. The van der Waals surface area contributed by atoms with Crippen LogP contribution in [-0.2, 0) is 9.53 Å². The zero-order valence-corrected chi connectivity index (χ0v) is 14.4. The molecule has 2 heterocycles. The maximum Gasteiger partial charge on any atom is 0.305 e. The van der Waals surface area contributed by atoms with Crippen LogP contribution < -0.4 is 0 Å². The van der Waals surface area contributed by atoms with Gasteiger partial charge in [0.2, 0.25) is 0 Å². The van der Waals surface area contributed by atoms with Gasteiger partial charge in [-0.15, -0.1) is 0 Å². The van der Waals surface area contributed by atoms with E-state index in [-0.39, 0.29) is 17.7 Å². The maximum absolute atomic E-state index is 11.7. The Kier molecular flexibility index (Phi) is 5.09. The number of hydrogen-bond acceptors (Lipinski definition) is 5. The highest BCUT2D eigenvalue weighted by Gasteiger charge is 2.50. The molecule has 3 aliphatic rings. The van der Waals surface area contributed by atoms with Gasteiger partial charge >= 0.3 is 5.97 Å². The summed E-state index contributed by atoms with van der Waals surface area (Å²) in [4.78, 5) is 23.6. The first-order chi connectivity index (χ1) is 11.7. The fraction of sp³-hybridized carbons (Fsp3) is 0.526. The third-order valence-corrected chi connectivity index (χ3v) is 4.66. The van der Waals surface area contributed by atoms with E-state index in [0.29, 0.717) is 13.0 Å². The Labute approximate surface area is 143 Å². The summed E-state index contributed by atoms with van der Waals surface area (Å²) in [5.74, 6) is -0.126. The zero-order chi connectivity index (χ0) is 17.0. The van der Waals surface area contributed by atoms with Gasteiger partial charge in [-0.3, -0.25) is 19.7 Å². The summed E-state index contributed by atoms with van der Waals surface area (Å²) in [7, 11) is 0. The first kappa shape index (κ1) is 16.8. The molecule has 2 unspecified atom stereocenters. The largest absolute Gasteiger partial charge is 0.466 e. The number of allylic oxidation sites excluding steroid dienone is 3. The van der Waals surface area contributed by atoms with Gasteiger partial charge < -0.3 is 4.74 Å². The van der Waals surface area contributed by atoms with Crippen LogP contribution in [0.2, 0.25) is 0 Å². The number of aliphatic imine (C=N–C) groups is 2. The van der Waals surface area contributed by atoms with Gasteiger partial charge in [0.1, 0.15) is 11.7 Å². The molecule has 0 saturated carbocycles. The van der Waals surface area contributed by atoms with Crippen LogP contribution in [-0.4, -0.2) is 47.7 Å². The van der Waals surface area contributed by atoms with Crippen molar-refractivity contribution in [1.29, 1.82) is 0 Å². The van der Waals surface area contributed by atoms with Crippen molar-refractivity contribution in [3.8, 4) is 0 Å². The lowest BCUT2D eigenvalue weighted by Gasteiger charge is -2.41. The Balaban J connectivity index is 1.80. The lowest BCUT2D eigenvalue weighted by molar-refractivity contribution is -0.143. The van der Waals surface area contributed by atoms with Crippen LogP contribution >= 0.6 is 0 Å². The third kappa shape index (κ3) is 2.88. The summed E-state index contributed by atoms with van der Waals surface area (Å²) in [6.45, 7) is 5.25. The first-order valence-corrected chi connectivity index (χ1v) is 8.83. The molecule has 2 aliphatic heterocycles. The predicted molar refractivity (Wildman–Crippen MR) is 96.3 cm³/mol. The number of dihydropyridines is 1. The highest BCUT2D eigenvalue weighted by molar-refractivity contribution is 6.10. The molecule has 0 fully saturated rings. The molecule has 1 spiro atoms. The quantitative estimate of drug-likeness (QED) is 0.675. The van der Waals surface area contributed by atoms with Crippen LogP contribution in [0, 0.1) is 0 Å². The van der Waals surface area contributed by atoms with Crippen molar-refractivity contribution in [3.63, 3.8) is 0 Å². The number of hydrogen-bond donors (Lipinski definition) is 0. The smallest absolute Gasteiger partial charge is 0.305 e. The SMILES string of the molecule is CCCC1N=C2C=CC=C3N=CC=CC32N1CCCC(=O)OCC. The Hall–Kier alpha value is -2.01. The van der Waals surface area contributed by atoms with Crippen molar-refractivity contribution in [2.45, 2.75) is 51.2 Å². The van der Waals surface area contributed by atoms with Gasteiger partial charge in [-0.25, -0.2) is 0 Å². The molecule has 1 aliphatic carbocycles. The number of carbonyl (C=O) groups excluding carboxylic acids is 1. The van der Waals surface area contributed by atoms with Crippen LogP contribution in [0.5, 0.6) is 0 Å². The molecular formula is C19H25N3O2. The number of carbonyl (C=O) groups is 1. The standard InChI is InChI=1S/C19H25N3O2/c1-3-8-17-21-16-10-5-9-15-19(16,12-7-13-20-15)22(17)14-6-11-18(23)24-4-2/h5,7,9-10,12-13,17H,3-4,6,8,11,14H2,1-2H3. The number of esters is 1. The highest BCUT2D eigenvalue weighted by atomic mass is 16.5. The lowest BCUT2D eigenvalue weighted by atomic mass is 9.83. The molecule has 128 valence electrons. The number of ether oxygens (including phenoxy) is 1. The Morgan fingerprint density at radius 1 is 1.38 bits per heavy atom. The van der Waals surface area contributed by atoms with Crippen LogP contribution in [0.4, 0.5) is 0 Å². The van der Waals surface area contributed by atoms with E-state index in [9.17, 15) is 4.79 Å². The van der Waals surface area contributed by atoms with Crippen molar-refractivity contribution in [2.75, 3.05) is 13.2 Å². The molecule has 0 aromatic carbocycles. The second kappa shape index (κ2) is 7.26. The van der Waals surface area contributed by atoms with Gasteiger partial charge in [-0.05, 0) is 38.0 Å². The van der Waals surface area contributed by atoms with Crippen LogP contribution in [0.3, 0.4) is 0 Å². The summed E-state index contributed by atoms with van der Waals surface area (Å²) in [5.41, 5.74) is 1.71. The van der Waals surface area contributed by atoms with Crippen molar-refractivity contribution in [3.05, 3.63) is 36.1 Å². The van der Waals surface area contributed by atoms with Crippen molar-refractivity contribution >= 4 is 17.9 Å². The van der Waals surface area contributed by atoms with Crippen molar-refractivity contribution < 1.29 is 9.53 Å². The normalized spacial score (nSPS) is 27.5. The van der Waals surface area contributed by atoms with Gasteiger partial charge in [-0.1, -0.05) is 25.5 Å². The zero-order valence-electron chi connectivity index (χ0n) is 14.4. The van der Waals surface area contributed by atoms with E-state index < -0.39 is 0 Å². The van der Waals surface area contributed by atoms with Crippen molar-refractivity contribution in [2.24, 2.45) is 9.98 Å². The Morgan fingerprint density at radius 2 is 2.25 bits per heavy atom. The maximum atomic E-state index is 11.7. The van der Waals surface area contributed by atoms with E-state index in [1.807, 2.05) is 25.3 Å². The first-order valence-electron chi connectivity index (χ1n) is 8.83. The predicted octanol–water partition coefficient (Wildman–Crippen LogP) is 3.05. The van der Waals surface area contributed by atoms with E-state index in [2.05, 4.69) is 35.0 Å². The Morgan fingerprint density at radius 3 is 3.04 bits per heavy atom. The molecule has 5 heteroatoms. The monoisotopic (exact) mass is 327 g/mol. The minimum Gasteiger partial charge on any atom is -0.466 e. The highest BCUT2D eigenvalue weighted by Crippen LogP contribution is 2.41. The fourth-order valence-electron chi connectivity index (χ4n) is 3.66. The lowest BCUT2D eigenvalue weighted by Crippen LogP contribution is -2.54. The summed E-state index contributed by atoms with van der Waals surface area (Å²) in [6.07, 6.45) is 15.6. The molecule has 0 radical (unpaired) electrons. The summed E-state index contributed by atoms with van der Waals surface area (Å²) < 4.78 is 5.05. The molecule has 3 rings (SSSR count). The number of rotatable bonds is 7. The molecule has 0 aromatic rings. The molecule has 0 N–H and O–H groups in total. The molecule has 0 bridgehead atoms. The van der Waals surface area contributed by atoms with Gasteiger partial charge in [0.15, 0.2) is 0 Å². The molecule has 0 amide bonds. The molecule has 5 nitrogen and oxygen atoms in total. The van der Waals surface area contributed by atoms with E-state index in [0.717, 1.165) is 37.2 Å². The van der Waals surface area contributed by atoms with Gasteiger partial charge in [0, 0.05) is 19.2 Å². The number of nitrogens with zero attached hydrogens (tertiary/aromatic N) is 3.